The van der Waals surface area contributed by atoms with E-state index in [2.05, 4.69) is 18.3 Å². The molecule has 1 aliphatic carbocycles. The molecule has 1 saturated carbocycles. The number of hydrogen-bond acceptors (Lipinski definition) is 3. The Hall–Kier alpha value is -1.22. The summed E-state index contributed by atoms with van der Waals surface area (Å²) in [6.07, 6.45) is 5.13. The average Bonchev–Trinajstić information content (AvgIpc) is 2.47. The molecule has 2 rings (SSSR count). The lowest BCUT2D eigenvalue weighted by atomic mass is 9.79. The molecule has 0 radical (unpaired) electrons. The molecule has 1 aromatic carbocycles. The first-order valence-corrected chi connectivity index (χ1v) is 7.25. The summed E-state index contributed by atoms with van der Waals surface area (Å²) >= 11 is 0. The van der Waals surface area contributed by atoms with Crippen LogP contribution in [-0.2, 0) is 0 Å². The Bertz CT molecular complexity index is 404. The minimum absolute atomic E-state index is 0.551. The largest absolute Gasteiger partial charge is 0.497 e. The molecule has 1 aromatic rings. The first-order chi connectivity index (χ1) is 9.30. The van der Waals surface area contributed by atoms with Gasteiger partial charge in [0.1, 0.15) is 11.5 Å². The van der Waals surface area contributed by atoms with E-state index >= 15 is 0 Å². The third-order valence-electron chi connectivity index (χ3n) is 4.07. The summed E-state index contributed by atoms with van der Waals surface area (Å²) in [4.78, 5) is 0. The highest BCUT2D eigenvalue weighted by atomic mass is 16.5. The molecular weight excluding hydrogens is 238 g/mol. The molecule has 3 heteroatoms. The molecule has 0 amide bonds. The number of likely N-dealkylation sites (N-methyl/N-ethyl adjacent to an activating group) is 1. The van der Waals surface area contributed by atoms with Crippen LogP contribution in [0.4, 0.5) is 0 Å². The van der Waals surface area contributed by atoms with Gasteiger partial charge in [-0.25, -0.2) is 0 Å². The van der Waals surface area contributed by atoms with Crippen molar-refractivity contribution in [2.24, 2.45) is 0 Å². The summed E-state index contributed by atoms with van der Waals surface area (Å²) in [5.74, 6) is 2.36. The van der Waals surface area contributed by atoms with Crippen molar-refractivity contribution in [1.29, 1.82) is 0 Å². The molecule has 0 saturated heterocycles. The van der Waals surface area contributed by atoms with E-state index in [4.69, 9.17) is 9.47 Å². The van der Waals surface area contributed by atoms with E-state index in [1.54, 1.807) is 14.2 Å². The maximum atomic E-state index is 5.56. The SMILES string of the molecule is CCNC1CCCCC1c1ccc(OC)cc1OC. The zero-order valence-electron chi connectivity index (χ0n) is 12.2. The van der Waals surface area contributed by atoms with Crippen LogP contribution in [0, 0.1) is 0 Å². The highest BCUT2D eigenvalue weighted by Gasteiger charge is 2.28. The quantitative estimate of drug-likeness (QED) is 0.884. The highest BCUT2D eigenvalue weighted by Crippen LogP contribution is 2.39. The fourth-order valence-corrected chi connectivity index (χ4v) is 3.13. The Morgan fingerprint density at radius 3 is 2.63 bits per heavy atom. The lowest BCUT2D eigenvalue weighted by Gasteiger charge is -2.33. The van der Waals surface area contributed by atoms with Crippen LogP contribution >= 0.6 is 0 Å². The van der Waals surface area contributed by atoms with Crippen LogP contribution in [0.15, 0.2) is 18.2 Å². The number of ether oxygens (including phenoxy) is 2. The molecule has 19 heavy (non-hydrogen) atoms. The van der Waals surface area contributed by atoms with Gasteiger partial charge in [-0.2, -0.15) is 0 Å². The fraction of sp³-hybridized carbons (Fsp3) is 0.625. The topological polar surface area (TPSA) is 30.5 Å². The van der Waals surface area contributed by atoms with E-state index in [1.165, 1.54) is 31.2 Å². The molecule has 0 aromatic heterocycles. The predicted molar refractivity (Wildman–Crippen MR) is 78.2 cm³/mol. The van der Waals surface area contributed by atoms with Crippen LogP contribution in [0.3, 0.4) is 0 Å². The molecule has 1 fully saturated rings. The number of methoxy groups -OCH3 is 2. The predicted octanol–water partition coefficient (Wildman–Crippen LogP) is 3.34. The van der Waals surface area contributed by atoms with Crippen molar-refractivity contribution in [1.82, 2.24) is 5.32 Å². The number of nitrogens with one attached hydrogen (secondary N) is 1. The molecule has 0 heterocycles. The van der Waals surface area contributed by atoms with Crippen LogP contribution < -0.4 is 14.8 Å². The summed E-state index contributed by atoms with van der Waals surface area (Å²) in [6.45, 7) is 3.20. The van der Waals surface area contributed by atoms with Crippen LogP contribution in [0.1, 0.15) is 44.1 Å². The van der Waals surface area contributed by atoms with Gasteiger partial charge in [-0.1, -0.05) is 25.8 Å². The highest BCUT2D eigenvalue weighted by molar-refractivity contribution is 5.43. The second-order valence-corrected chi connectivity index (χ2v) is 5.16. The van der Waals surface area contributed by atoms with Gasteiger partial charge in [0.25, 0.3) is 0 Å². The number of rotatable bonds is 5. The van der Waals surface area contributed by atoms with Crippen LogP contribution in [0.2, 0.25) is 0 Å². The first kappa shape index (κ1) is 14.2. The van der Waals surface area contributed by atoms with Gasteiger partial charge in [0, 0.05) is 18.0 Å². The third-order valence-corrected chi connectivity index (χ3v) is 4.07. The van der Waals surface area contributed by atoms with Crippen molar-refractivity contribution in [3.05, 3.63) is 23.8 Å². The standard InChI is InChI=1S/C16H25NO2/c1-4-17-15-8-6-5-7-13(15)14-10-9-12(18-2)11-16(14)19-3/h9-11,13,15,17H,4-8H2,1-3H3. The Kier molecular flexibility index (Phi) is 5.08. The zero-order valence-corrected chi connectivity index (χ0v) is 12.2. The minimum atomic E-state index is 0.551. The molecular formula is C16H25NO2. The Morgan fingerprint density at radius 1 is 1.16 bits per heavy atom. The maximum absolute atomic E-state index is 5.56. The van der Waals surface area contributed by atoms with Gasteiger partial charge >= 0.3 is 0 Å². The summed E-state index contributed by atoms with van der Waals surface area (Å²) < 4.78 is 10.8. The van der Waals surface area contributed by atoms with E-state index in [1.807, 2.05) is 12.1 Å². The van der Waals surface area contributed by atoms with Crippen LogP contribution in [-0.4, -0.2) is 26.8 Å². The van der Waals surface area contributed by atoms with Gasteiger partial charge in [0.05, 0.1) is 14.2 Å². The molecule has 1 aliphatic rings. The van der Waals surface area contributed by atoms with Crippen molar-refractivity contribution in [3.8, 4) is 11.5 Å². The Balaban J connectivity index is 2.27. The Morgan fingerprint density at radius 2 is 1.95 bits per heavy atom. The second-order valence-electron chi connectivity index (χ2n) is 5.16. The summed E-state index contributed by atoms with van der Waals surface area (Å²) in [6, 6.07) is 6.77. The first-order valence-electron chi connectivity index (χ1n) is 7.25. The molecule has 1 N–H and O–H groups in total. The summed E-state index contributed by atoms with van der Waals surface area (Å²) in [7, 11) is 3.43. The van der Waals surface area contributed by atoms with Crippen molar-refractivity contribution in [2.75, 3.05) is 20.8 Å². The van der Waals surface area contributed by atoms with Gasteiger partial charge in [0.15, 0.2) is 0 Å². The second kappa shape index (κ2) is 6.80. The summed E-state index contributed by atoms with van der Waals surface area (Å²) in [5.41, 5.74) is 1.31. The van der Waals surface area contributed by atoms with Gasteiger partial charge in [-0.05, 0) is 31.0 Å². The van der Waals surface area contributed by atoms with Gasteiger partial charge in [-0.15, -0.1) is 0 Å². The number of benzene rings is 1. The van der Waals surface area contributed by atoms with E-state index in [9.17, 15) is 0 Å². The van der Waals surface area contributed by atoms with E-state index < -0.39 is 0 Å². The van der Waals surface area contributed by atoms with Gasteiger partial charge in [-0.3, -0.25) is 0 Å². The van der Waals surface area contributed by atoms with Gasteiger partial charge < -0.3 is 14.8 Å². The van der Waals surface area contributed by atoms with E-state index in [0.717, 1.165) is 18.0 Å². The van der Waals surface area contributed by atoms with Crippen molar-refractivity contribution in [2.45, 2.75) is 44.6 Å². The molecule has 2 atom stereocenters. The maximum Gasteiger partial charge on any atom is 0.126 e. The normalized spacial score (nSPS) is 23.1. The smallest absolute Gasteiger partial charge is 0.126 e. The van der Waals surface area contributed by atoms with Crippen molar-refractivity contribution < 1.29 is 9.47 Å². The van der Waals surface area contributed by atoms with Crippen molar-refractivity contribution >= 4 is 0 Å². The van der Waals surface area contributed by atoms with Crippen LogP contribution in [0.25, 0.3) is 0 Å². The van der Waals surface area contributed by atoms with E-state index in [-0.39, 0.29) is 0 Å². The lowest BCUT2D eigenvalue weighted by molar-refractivity contribution is 0.320. The average molecular weight is 263 g/mol. The molecule has 0 aliphatic heterocycles. The molecule has 3 nitrogen and oxygen atoms in total. The van der Waals surface area contributed by atoms with Crippen LogP contribution in [0.5, 0.6) is 11.5 Å². The third kappa shape index (κ3) is 3.21. The van der Waals surface area contributed by atoms with Crippen molar-refractivity contribution in [3.63, 3.8) is 0 Å². The van der Waals surface area contributed by atoms with E-state index in [0.29, 0.717) is 12.0 Å². The minimum Gasteiger partial charge on any atom is -0.497 e. The molecule has 2 unspecified atom stereocenters. The fourth-order valence-electron chi connectivity index (χ4n) is 3.13. The van der Waals surface area contributed by atoms with Gasteiger partial charge in [0.2, 0.25) is 0 Å². The lowest BCUT2D eigenvalue weighted by Crippen LogP contribution is -2.37. The molecule has 106 valence electrons. The molecule has 0 spiro atoms. The summed E-state index contributed by atoms with van der Waals surface area (Å²) in [5, 5.41) is 3.63. The zero-order chi connectivity index (χ0) is 13.7. The molecule has 0 bridgehead atoms. The Labute approximate surface area is 116 Å². The monoisotopic (exact) mass is 263 g/mol. The number of hydrogen-bond donors (Lipinski definition) is 1.